The summed E-state index contributed by atoms with van der Waals surface area (Å²) >= 11 is 0. The maximum absolute atomic E-state index is 12.1. The van der Waals surface area contributed by atoms with Crippen LogP contribution in [0.5, 0.6) is 11.5 Å². The number of aliphatic hydroxyl groups excluding tert-OH is 1. The molecule has 0 heterocycles. The lowest BCUT2D eigenvalue weighted by molar-refractivity contribution is 0.0928. The summed E-state index contributed by atoms with van der Waals surface area (Å²) in [5.74, 6) is 0.982. The first-order valence-corrected chi connectivity index (χ1v) is 6.88. The highest BCUT2D eigenvalue weighted by Crippen LogP contribution is 2.28. The lowest BCUT2D eigenvalue weighted by Gasteiger charge is -2.16. The average molecular weight is 281 g/mol. The summed E-state index contributed by atoms with van der Waals surface area (Å²) in [5.41, 5.74) is 0.515. The van der Waals surface area contributed by atoms with Crippen LogP contribution in [0.15, 0.2) is 18.2 Å². The van der Waals surface area contributed by atoms with Gasteiger partial charge in [0.2, 0.25) is 0 Å². The van der Waals surface area contributed by atoms with E-state index in [0.717, 1.165) is 6.42 Å². The Morgan fingerprint density at radius 1 is 1.35 bits per heavy atom. The predicted molar refractivity (Wildman–Crippen MR) is 77.4 cm³/mol. The van der Waals surface area contributed by atoms with Gasteiger partial charge in [-0.15, -0.1) is 0 Å². The van der Waals surface area contributed by atoms with E-state index in [-0.39, 0.29) is 18.6 Å². The number of rotatable bonds is 8. The molecule has 0 aliphatic rings. The van der Waals surface area contributed by atoms with E-state index in [4.69, 9.17) is 14.6 Å². The van der Waals surface area contributed by atoms with Crippen LogP contribution in [0.3, 0.4) is 0 Å². The fourth-order valence-corrected chi connectivity index (χ4v) is 1.89. The largest absolute Gasteiger partial charge is 0.493 e. The van der Waals surface area contributed by atoms with Crippen molar-refractivity contribution in [2.24, 2.45) is 0 Å². The molecule has 1 rings (SSSR count). The number of carbonyl (C=O) groups excluding carboxylic acids is 1. The molecule has 2 N–H and O–H groups in total. The first-order valence-electron chi connectivity index (χ1n) is 6.88. The molecule has 0 saturated carbocycles. The van der Waals surface area contributed by atoms with Crippen molar-refractivity contribution in [3.8, 4) is 11.5 Å². The van der Waals surface area contributed by atoms with Crippen LogP contribution in [0.1, 0.15) is 37.0 Å². The van der Waals surface area contributed by atoms with Gasteiger partial charge in [0.05, 0.1) is 13.7 Å². The quantitative estimate of drug-likeness (QED) is 0.764. The number of carbonyl (C=O) groups is 1. The molecule has 1 aromatic carbocycles. The normalized spacial score (nSPS) is 11.8. The van der Waals surface area contributed by atoms with Gasteiger partial charge >= 0.3 is 0 Å². The number of nitrogens with one attached hydrogen (secondary N) is 1. The fraction of sp³-hybridized carbons (Fsp3) is 0.533. The minimum absolute atomic E-state index is 0.0231. The molecule has 0 fully saturated rings. The Hall–Kier alpha value is -1.75. The number of ether oxygens (including phenoxy) is 2. The van der Waals surface area contributed by atoms with Crippen molar-refractivity contribution in [1.29, 1.82) is 0 Å². The zero-order valence-corrected chi connectivity index (χ0v) is 12.3. The van der Waals surface area contributed by atoms with Crippen molar-refractivity contribution in [3.05, 3.63) is 23.8 Å². The standard InChI is InChI=1S/C15H23NO4/c1-4-12(8-9-17)16-15(18)11-6-7-13(20-5-2)14(10-11)19-3/h6-7,10,12,17H,4-5,8-9H2,1-3H3,(H,16,18). The highest BCUT2D eigenvalue weighted by atomic mass is 16.5. The molecule has 5 nitrogen and oxygen atoms in total. The zero-order valence-electron chi connectivity index (χ0n) is 12.3. The molecule has 0 aromatic heterocycles. The van der Waals surface area contributed by atoms with Gasteiger partial charge in [0.1, 0.15) is 0 Å². The minimum Gasteiger partial charge on any atom is -0.493 e. The molecule has 0 aliphatic heterocycles. The van der Waals surface area contributed by atoms with Crippen molar-refractivity contribution in [1.82, 2.24) is 5.32 Å². The highest BCUT2D eigenvalue weighted by Gasteiger charge is 2.14. The van der Waals surface area contributed by atoms with Crippen LogP contribution in [0.4, 0.5) is 0 Å². The van der Waals surface area contributed by atoms with E-state index in [1.54, 1.807) is 25.3 Å². The van der Waals surface area contributed by atoms with E-state index in [0.29, 0.717) is 30.1 Å². The topological polar surface area (TPSA) is 67.8 Å². The number of aliphatic hydroxyl groups is 1. The molecule has 1 aromatic rings. The fourth-order valence-electron chi connectivity index (χ4n) is 1.89. The van der Waals surface area contributed by atoms with Crippen LogP contribution >= 0.6 is 0 Å². The molecule has 20 heavy (non-hydrogen) atoms. The van der Waals surface area contributed by atoms with Crippen molar-refractivity contribution in [3.63, 3.8) is 0 Å². The molecule has 0 spiro atoms. The monoisotopic (exact) mass is 281 g/mol. The average Bonchev–Trinajstić information content (AvgIpc) is 2.47. The zero-order chi connectivity index (χ0) is 15.0. The molecule has 112 valence electrons. The van der Waals surface area contributed by atoms with Gasteiger partial charge in [-0.2, -0.15) is 0 Å². The molecule has 1 amide bonds. The predicted octanol–water partition coefficient (Wildman–Crippen LogP) is 1.98. The van der Waals surface area contributed by atoms with Gasteiger partial charge in [-0.25, -0.2) is 0 Å². The minimum atomic E-state index is -0.174. The van der Waals surface area contributed by atoms with Gasteiger partial charge in [0, 0.05) is 18.2 Å². The second-order valence-electron chi connectivity index (χ2n) is 4.39. The third-order valence-electron chi connectivity index (χ3n) is 3.03. The summed E-state index contributed by atoms with van der Waals surface area (Å²) < 4.78 is 10.6. The molecule has 1 atom stereocenters. The van der Waals surface area contributed by atoms with Crippen molar-refractivity contribution in [2.45, 2.75) is 32.7 Å². The van der Waals surface area contributed by atoms with E-state index in [2.05, 4.69) is 5.32 Å². The van der Waals surface area contributed by atoms with Crippen molar-refractivity contribution >= 4 is 5.91 Å². The van der Waals surface area contributed by atoms with Crippen molar-refractivity contribution in [2.75, 3.05) is 20.3 Å². The van der Waals surface area contributed by atoms with E-state index in [1.807, 2.05) is 13.8 Å². The third kappa shape index (κ3) is 4.42. The Bertz CT molecular complexity index is 434. The van der Waals surface area contributed by atoms with Gasteiger partial charge in [-0.3, -0.25) is 4.79 Å². The Morgan fingerprint density at radius 3 is 2.65 bits per heavy atom. The summed E-state index contributed by atoms with van der Waals surface area (Å²) in [5, 5.41) is 11.8. The molecule has 0 saturated heterocycles. The van der Waals surface area contributed by atoms with Crippen LogP contribution in [-0.2, 0) is 0 Å². The Balaban J connectivity index is 2.82. The maximum atomic E-state index is 12.1. The SMILES string of the molecule is CCOc1ccc(C(=O)NC(CC)CCO)cc1OC. The summed E-state index contributed by atoms with van der Waals surface area (Å²) in [6, 6.07) is 5.06. The second-order valence-corrected chi connectivity index (χ2v) is 4.39. The molecule has 0 radical (unpaired) electrons. The lowest BCUT2D eigenvalue weighted by Crippen LogP contribution is -2.35. The van der Waals surface area contributed by atoms with E-state index in [9.17, 15) is 4.79 Å². The number of methoxy groups -OCH3 is 1. The smallest absolute Gasteiger partial charge is 0.251 e. The number of hydrogen-bond donors (Lipinski definition) is 2. The maximum Gasteiger partial charge on any atom is 0.251 e. The van der Waals surface area contributed by atoms with Crippen LogP contribution in [0.25, 0.3) is 0 Å². The van der Waals surface area contributed by atoms with E-state index < -0.39 is 0 Å². The lowest BCUT2D eigenvalue weighted by atomic mass is 10.1. The first kappa shape index (κ1) is 16.3. The van der Waals surface area contributed by atoms with Gasteiger partial charge in [-0.05, 0) is 38.0 Å². The summed E-state index contributed by atoms with van der Waals surface area (Å²) in [6.07, 6.45) is 1.33. The second kappa shape index (κ2) is 8.43. The van der Waals surface area contributed by atoms with Crippen molar-refractivity contribution < 1.29 is 19.4 Å². The molecular formula is C15H23NO4. The van der Waals surface area contributed by atoms with Crippen LogP contribution in [0.2, 0.25) is 0 Å². The molecule has 5 heteroatoms. The number of amides is 1. The van der Waals surface area contributed by atoms with Gasteiger partial charge in [-0.1, -0.05) is 6.92 Å². The Kier molecular flexibility index (Phi) is 6.87. The molecule has 0 bridgehead atoms. The summed E-state index contributed by atoms with van der Waals surface area (Å²) in [4.78, 5) is 12.1. The van der Waals surface area contributed by atoms with E-state index in [1.165, 1.54) is 0 Å². The molecular weight excluding hydrogens is 258 g/mol. The van der Waals surface area contributed by atoms with Crippen LogP contribution in [0, 0.1) is 0 Å². The van der Waals surface area contributed by atoms with Crippen LogP contribution in [-0.4, -0.2) is 37.4 Å². The number of hydrogen-bond acceptors (Lipinski definition) is 4. The molecule has 1 unspecified atom stereocenters. The first-order chi connectivity index (χ1) is 9.65. The number of benzene rings is 1. The van der Waals surface area contributed by atoms with E-state index >= 15 is 0 Å². The summed E-state index contributed by atoms with van der Waals surface area (Å²) in [6.45, 7) is 4.46. The van der Waals surface area contributed by atoms with Gasteiger partial charge in [0.15, 0.2) is 11.5 Å². The van der Waals surface area contributed by atoms with Crippen LogP contribution < -0.4 is 14.8 Å². The van der Waals surface area contributed by atoms with Gasteiger partial charge in [0.25, 0.3) is 5.91 Å². The molecule has 0 aliphatic carbocycles. The van der Waals surface area contributed by atoms with Gasteiger partial charge < -0.3 is 19.9 Å². The summed E-state index contributed by atoms with van der Waals surface area (Å²) in [7, 11) is 1.54. The Labute approximate surface area is 119 Å². The Morgan fingerprint density at radius 2 is 2.10 bits per heavy atom. The third-order valence-corrected chi connectivity index (χ3v) is 3.03. The highest BCUT2D eigenvalue weighted by molar-refractivity contribution is 5.95.